The van der Waals surface area contributed by atoms with Crippen molar-refractivity contribution < 1.29 is 14.3 Å². The molecule has 0 aliphatic carbocycles. The second-order valence-corrected chi connectivity index (χ2v) is 3.74. The summed E-state index contributed by atoms with van der Waals surface area (Å²) in [6.45, 7) is 4.25. The van der Waals surface area contributed by atoms with Gasteiger partial charge in [0.25, 0.3) is 0 Å². The Morgan fingerprint density at radius 1 is 1.25 bits per heavy atom. The van der Waals surface area contributed by atoms with Crippen molar-refractivity contribution in [3.05, 3.63) is 0 Å². The first-order chi connectivity index (χ1) is 7.81. The van der Waals surface area contributed by atoms with Crippen molar-refractivity contribution in [2.24, 2.45) is 0 Å². The van der Waals surface area contributed by atoms with Gasteiger partial charge in [0.1, 0.15) is 6.29 Å². The molecule has 0 fully saturated rings. The van der Waals surface area contributed by atoms with Gasteiger partial charge in [-0.2, -0.15) is 0 Å². The fraction of sp³-hybridized carbons (Fsp3) is 0.833. The lowest BCUT2D eigenvalue weighted by Crippen LogP contribution is -2.18. The lowest BCUT2D eigenvalue weighted by Gasteiger charge is -2.04. The van der Waals surface area contributed by atoms with Gasteiger partial charge in [-0.05, 0) is 32.4 Å². The average Bonchev–Trinajstić information content (AvgIpc) is 2.28. The molecule has 0 saturated heterocycles. The van der Waals surface area contributed by atoms with Gasteiger partial charge >= 0.3 is 5.97 Å². The molecule has 0 heterocycles. The summed E-state index contributed by atoms with van der Waals surface area (Å²) >= 11 is 0. The molecule has 0 bridgehead atoms. The Hall–Kier alpha value is -0.900. The Morgan fingerprint density at radius 2 is 2.00 bits per heavy atom. The minimum atomic E-state index is -0.108. The molecule has 0 aliphatic rings. The molecule has 0 amide bonds. The first-order valence-corrected chi connectivity index (χ1v) is 6.11. The monoisotopic (exact) mass is 229 g/mol. The number of unbranched alkanes of at least 4 members (excludes halogenated alkanes) is 2. The maximum absolute atomic E-state index is 11.2. The molecule has 94 valence electrons. The summed E-state index contributed by atoms with van der Waals surface area (Å²) in [7, 11) is 0. The normalized spacial score (nSPS) is 10.1. The number of hydrogen-bond acceptors (Lipinski definition) is 4. The molecule has 4 nitrogen and oxygen atoms in total. The van der Waals surface area contributed by atoms with Gasteiger partial charge < -0.3 is 14.8 Å². The van der Waals surface area contributed by atoms with Crippen molar-refractivity contribution in [3.63, 3.8) is 0 Å². The van der Waals surface area contributed by atoms with Gasteiger partial charge in [0.2, 0.25) is 0 Å². The predicted molar refractivity (Wildman–Crippen MR) is 63.3 cm³/mol. The third-order valence-corrected chi connectivity index (χ3v) is 2.17. The molecule has 16 heavy (non-hydrogen) atoms. The Bertz CT molecular complexity index is 183. The topological polar surface area (TPSA) is 55.4 Å². The molecule has 4 heteroatoms. The molecule has 0 spiro atoms. The molecule has 0 aromatic rings. The number of ether oxygens (including phenoxy) is 1. The zero-order chi connectivity index (χ0) is 12.1. The standard InChI is InChI=1S/C12H23NO3/c1-2-3-11-16-12(15)7-6-9-13-8-4-5-10-14/h10,13H,2-9,11H2,1H3. The van der Waals surface area contributed by atoms with Crippen molar-refractivity contribution in [2.75, 3.05) is 19.7 Å². The molecule has 1 N–H and O–H groups in total. The lowest BCUT2D eigenvalue weighted by atomic mass is 10.3. The summed E-state index contributed by atoms with van der Waals surface area (Å²) in [5, 5.41) is 3.18. The molecule has 0 saturated carbocycles. The van der Waals surface area contributed by atoms with Gasteiger partial charge in [0.15, 0.2) is 0 Å². The Kier molecular flexibility index (Phi) is 11.5. The Morgan fingerprint density at radius 3 is 2.69 bits per heavy atom. The van der Waals surface area contributed by atoms with E-state index in [2.05, 4.69) is 12.2 Å². The third-order valence-electron chi connectivity index (χ3n) is 2.17. The second-order valence-electron chi connectivity index (χ2n) is 3.74. The molecule has 0 aromatic carbocycles. The summed E-state index contributed by atoms with van der Waals surface area (Å²) in [6.07, 6.45) is 5.65. The fourth-order valence-electron chi connectivity index (χ4n) is 1.20. The van der Waals surface area contributed by atoms with Crippen LogP contribution in [-0.4, -0.2) is 32.0 Å². The van der Waals surface area contributed by atoms with Crippen molar-refractivity contribution in [1.29, 1.82) is 0 Å². The van der Waals surface area contributed by atoms with Gasteiger partial charge in [-0.3, -0.25) is 4.79 Å². The molecule has 0 atom stereocenters. The van der Waals surface area contributed by atoms with Crippen LogP contribution in [-0.2, 0) is 14.3 Å². The average molecular weight is 229 g/mol. The summed E-state index contributed by atoms with van der Waals surface area (Å²) < 4.78 is 5.01. The predicted octanol–water partition coefficient (Wildman–Crippen LogP) is 1.68. The molecular formula is C12H23NO3. The largest absolute Gasteiger partial charge is 0.466 e. The highest BCUT2D eigenvalue weighted by molar-refractivity contribution is 5.69. The quantitative estimate of drug-likeness (QED) is 0.333. The van der Waals surface area contributed by atoms with Crippen molar-refractivity contribution >= 4 is 12.3 Å². The van der Waals surface area contributed by atoms with Crippen LogP contribution < -0.4 is 5.32 Å². The number of carbonyl (C=O) groups excluding carboxylic acids is 2. The molecular weight excluding hydrogens is 206 g/mol. The van der Waals surface area contributed by atoms with E-state index in [1.807, 2.05) is 0 Å². The summed E-state index contributed by atoms with van der Waals surface area (Å²) in [5.74, 6) is -0.108. The SMILES string of the molecule is CCCCOC(=O)CCCNCCCC=O. The maximum atomic E-state index is 11.2. The van der Waals surface area contributed by atoms with E-state index < -0.39 is 0 Å². The number of nitrogens with one attached hydrogen (secondary N) is 1. The van der Waals surface area contributed by atoms with E-state index in [4.69, 9.17) is 4.74 Å². The lowest BCUT2D eigenvalue weighted by molar-refractivity contribution is -0.143. The van der Waals surface area contributed by atoms with Crippen LogP contribution in [0, 0.1) is 0 Å². The highest BCUT2D eigenvalue weighted by Crippen LogP contribution is 1.95. The molecule has 0 radical (unpaired) electrons. The number of aldehydes is 1. The fourth-order valence-corrected chi connectivity index (χ4v) is 1.20. The molecule has 0 unspecified atom stereocenters. The zero-order valence-corrected chi connectivity index (χ0v) is 10.2. The Labute approximate surface area is 97.7 Å². The van der Waals surface area contributed by atoms with Crippen LogP contribution in [0.5, 0.6) is 0 Å². The summed E-state index contributed by atoms with van der Waals surface area (Å²) in [4.78, 5) is 21.2. The van der Waals surface area contributed by atoms with E-state index in [9.17, 15) is 9.59 Å². The van der Waals surface area contributed by atoms with Gasteiger partial charge in [-0.15, -0.1) is 0 Å². The highest BCUT2D eigenvalue weighted by atomic mass is 16.5. The second kappa shape index (κ2) is 12.2. The van der Waals surface area contributed by atoms with Gasteiger partial charge in [-0.25, -0.2) is 0 Å². The maximum Gasteiger partial charge on any atom is 0.305 e. The first kappa shape index (κ1) is 15.1. The third kappa shape index (κ3) is 11.2. The van der Waals surface area contributed by atoms with Crippen LogP contribution in [0.25, 0.3) is 0 Å². The van der Waals surface area contributed by atoms with Gasteiger partial charge in [0, 0.05) is 12.8 Å². The number of rotatable bonds is 11. The smallest absolute Gasteiger partial charge is 0.305 e. The molecule has 0 aromatic heterocycles. The van der Waals surface area contributed by atoms with Crippen LogP contribution in [0.3, 0.4) is 0 Å². The number of esters is 1. The van der Waals surface area contributed by atoms with Crippen LogP contribution in [0.1, 0.15) is 45.4 Å². The van der Waals surface area contributed by atoms with E-state index in [0.717, 1.165) is 45.1 Å². The van der Waals surface area contributed by atoms with Gasteiger partial charge in [-0.1, -0.05) is 13.3 Å². The Balaban J connectivity index is 3.12. The van der Waals surface area contributed by atoms with Crippen molar-refractivity contribution in [2.45, 2.75) is 45.4 Å². The first-order valence-electron chi connectivity index (χ1n) is 6.11. The van der Waals surface area contributed by atoms with E-state index in [1.54, 1.807) is 0 Å². The summed E-state index contributed by atoms with van der Waals surface area (Å²) in [6, 6.07) is 0. The minimum Gasteiger partial charge on any atom is -0.466 e. The van der Waals surface area contributed by atoms with Crippen molar-refractivity contribution in [3.8, 4) is 0 Å². The zero-order valence-electron chi connectivity index (χ0n) is 10.2. The van der Waals surface area contributed by atoms with Crippen LogP contribution >= 0.6 is 0 Å². The number of carbonyl (C=O) groups is 2. The van der Waals surface area contributed by atoms with Gasteiger partial charge in [0.05, 0.1) is 6.61 Å². The van der Waals surface area contributed by atoms with Crippen LogP contribution in [0.2, 0.25) is 0 Å². The van der Waals surface area contributed by atoms with Crippen LogP contribution in [0.15, 0.2) is 0 Å². The highest BCUT2D eigenvalue weighted by Gasteiger charge is 2.01. The number of hydrogen-bond donors (Lipinski definition) is 1. The van der Waals surface area contributed by atoms with Crippen molar-refractivity contribution in [1.82, 2.24) is 5.32 Å². The van der Waals surface area contributed by atoms with E-state index in [-0.39, 0.29) is 5.97 Å². The van der Waals surface area contributed by atoms with E-state index >= 15 is 0 Å². The van der Waals surface area contributed by atoms with E-state index in [0.29, 0.717) is 19.4 Å². The summed E-state index contributed by atoms with van der Waals surface area (Å²) in [5.41, 5.74) is 0. The molecule has 0 aliphatic heterocycles. The van der Waals surface area contributed by atoms with Crippen LogP contribution in [0.4, 0.5) is 0 Å². The van der Waals surface area contributed by atoms with E-state index in [1.165, 1.54) is 0 Å². The molecule has 0 rings (SSSR count). The minimum absolute atomic E-state index is 0.108.